The summed E-state index contributed by atoms with van der Waals surface area (Å²) in [6.07, 6.45) is 1.02. The summed E-state index contributed by atoms with van der Waals surface area (Å²) < 4.78 is 0. The Balaban J connectivity index is 2.40. The van der Waals surface area contributed by atoms with Crippen molar-refractivity contribution in [3.05, 3.63) is 59.2 Å². The van der Waals surface area contributed by atoms with E-state index in [-0.39, 0.29) is 0 Å². The molecule has 0 atom stereocenters. The average Bonchev–Trinajstić information content (AvgIpc) is 2.41. The van der Waals surface area contributed by atoms with Gasteiger partial charge in [0.1, 0.15) is 4.99 Å². The first-order chi connectivity index (χ1) is 9.11. The topological polar surface area (TPSA) is 38.0 Å². The van der Waals surface area contributed by atoms with Gasteiger partial charge in [0.15, 0.2) is 0 Å². The predicted molar refractivity (Wildman–Crippen MR) is 86.2 cm³/mol. The Hall–Kier alpha value is -1.87. The lowest BCUT2D eigenvalue weighted by molar-refractivity contribution is 1.14. The van der Waals surface area contributed by atoms with Crippen LogP contribution < -0.4 is 11.1 Å². The molecule has 2 aromatic rings. The standard InChI is InChI=1S/C16H18N2S/c1-3-12-7-5-8-13(10-12)18-15-11(2)6-4-9-14(15)16(17)19/h4-10,18H,3H2,1-2H3,(H2,17,19). The molecule has 2 rings (SSSR count). The van der Waals surface area contributed by atoms with Crippen molar-refractivity contribution in [3.63, 3.8) is 0 Å². The molecule has 2 aromatic carbocycles. The second kappa shape index (κ2) is 5.85. The molecule has 0 saturated carbocycles. The lowest BCUT2D eigenvalue weighted by atomic mass is 10.1. The molecule has 0 aromatic heterocycles. The van der Waals surface area contributed by atoms with Gasteiger partial charge in [-0.15, -0.1) is 0 Å². The average molecular weight is 270 g/mol. The second-order valence-electron chi connectivity index (χ2n) is 4.54. The zero-order valence-electron chi connectivity index (χ0n) is 11.2. The fraction of sp³-hybridized carbons (Fsp3) is 0.188. The highest BCUT2D eigenvalue weighted by atomic mass is 32.1. The normalized spacial score (nSPS) is 10.2. The van der Waals surface area contributed by atoms with Crippen molar-refractivity contribution in [2.45, 2.75) is 20.3 Å². The molecule has 98 valence electrons. The maximum atomic E-state index is 5.78. The van der Waals surface area contributed by atoms with Gasteiger partial charge in [0, 0.05) is 11.3 Å². The van der Waals surface area contributed by atoms with Crippen molar-refractivity contribution in [2.75, 3.05) is 5.32 Å². The minimum atomic E-state index is 0.415. The van der Waals surface area contributed by atoms with E-state index in [0.717, 1.165) is 28.9 Å². The van der Waals surface area contributed by atoms with E-state index in [1.54, 1.807) is 0 Å². The summed E-state index contributed by atoms with van der Waals surface area (Å²) in [4.78, 5) is 0.415. The van der Waals surface area contributed by atoms with Crippen LogP contribution in [0.3, 0.4) is 0 Å². The van der Waals surface area contributed by atoms with Gasteiger partial charge in [-0.2, -0.15) is 0 Å². The summed E-state index contributed by atoms with van der Waals surface area (Å²) >= 11 is 5.11. The molecular weight excluding hydrogens is 252 g/mol. The van der Waals surface area contributed by atoms with E-state index in [2.05, 4.69) is 36.5 Å². The first kappa shape index (κ1) is 13.6. The van der Waals surface area contributed by atoms with Crippen LogP contribution in [0.5, 0.6) is 0 Å². The van der Waals surface area contributed by atoms with Gasteiger partial charge < -0.3 is 11.1 Å². The van der Waals surface area contributed by atoms with E-state index in [1.807, 2.05) is 25.1 Å². The Labute approximate surface area is 119 Å². The number of hydrogen-bond donors (Lipinski definition) is 2. The van der Waals surface area contributed by atoms with Crippen molar-refractivity contribution >= 4 is 28.6 Å². The molecule has 3 N–H and O–H groups in total. The van der Waals surface area contributed by atoms with Crippen molar-refractivity contribution in [1.29, 1.82) is 0 Å². The molecule has 0 saturated heterocycles. The van der Waals surface area contributed by atoms with Gasteiger partial charge in [0.2, 0.25) is 0 Å². The van der Waals surface area contributed by atoms with Crippen LogP contribution in [0.15, 0.2) is 42.5 Å². The van der Waals surface area contributed by atoms with Gasteiger partial charge in [-0.3, -0.25) is 0 Å². The minimum absolute atomic E-state index is 0.415. The molecule has 0 bridgehead atoms. The van der Waals surface area contributed by atoms with Gasteiger partial charge >= 0.3 is 0 Å². The molecule has 0 unspecified atom stereocenters. The van der Waals surface area contributed by atoms with E-state index >= 15 is 0 Å². The summed E-state index contributed by atoms with van der Waals surface area (Å²) in [7, 11) is 0. The summed E-state index contributed by atoms with van der Waals surface area (Å²) in [5, 5.41) is 3.43. The molecule has 0 aliphatic carbocycles. The second-order valence-corrected chi connectivity index (χ2v) is 4.98. The SMILES string of the molecule is CCc1cccc(Nc2c(C)cccc2C(N)=S)c1. The van der Waals surface area contributed by atoms with Crippen LogP contribution in [0.4, 0.5) is 11.4 Å². The van der Waals surface area contributed by atoms with Crippen LogP contribution in [0.1, 0.15) is 23.6 Å². The first-order valence-corrected chi connectivity index (χ1v) is 6.78. The van der Waals surface area contributed by atoms with Gasteiger partial charge in [-0.05, 0) is 42.7 Å². The third kappa shape index (κ3) is 3.12. The Kier molecular flexibility index (Phi) is 4.17. The Morgan fingerprint density at radius 3 is 2.63 bits per heavy atom. The molecule has 3 heteroatoms. The summed E-state index contributed by atoms with van der Waals surface area (Å²) in [6.45, 7) is 4.20. The summed E-state index contributed by atoms with van der Waals surface area (Å²) in [6, 6.07) is 14.3. The molecular formula is C16H18N2S. The fourth-order valence-electron chi connectivity index (χ4n) is 2.05. The highest BCUT2D eigenvalue weighted by Gasteiger charge is 2.08. The molecule has 0 fully saturated rings. The van der Waals surface area contributed by atoms with E-state index in [9.17, 15) is 0 Å². The monoisotopic (exact) mass is 270 g/mol. The summed E-state index contributed by atoms with van der Waals surface area (Å²) in [5.41, 5.74) is 11.2. The predicted octanol–water partition coefficient (Wildman–Crippen LogP) is 3.94. The molecule has 0 heterocycles. The van der Waals surface area contributed by atoms with E-state index in [1.165, 1.54) is 5.56 Å². The molecule has 0 spiro atoms. The van der Waals surface area contributed by atoms with Crippen molar-refractivity contribution in [1.82, 2.24) is 0 Å². The zero-order valence-corrected chi connectivity index (χ0v) is 12.1. The van der Waals surface area contributed by atoms with Gasteiger partial charge in [0.05, 0.1) is 5.69 Å². The highest BCUT2D eigenvalue weighted by Crippen LogP contribution is 2.25. The van der Waals surface area contributed by atoms with E-state index < -0.39 is 0 Å². The Morgan fingerprint density at radius 2 is 1.95 bits per heavy atom. The maximum Gasteiger partial charge on any atom is 0.106 e. The van der Waals surface area contributed by atoms with Gasteiger partial charge in [-0.1, -0.05) is 43.4 Å². The lowest BCUT2D eigenvalue weighted by Gasteiger charge is -2.14. The number of nitrogens with two attached hydrogens (primary N) is 1. The van der Waals surface area contributed by atoms with Crippen molar-refractivity contribution in [2.24, 2.45) is 5.73 Å². The largest absolute Gasteiger partial charge is 0.389 e. The number of nitrogens with one attached hydrogen (secondary N) is 1. The van der Waals surface area contributed by atoms with Crippen molar-refractivity contribution < 1.29 is 0 Å². The number of anilines is 2. The van der Waals surface area contributed by atoms with Crippen LogP contribution in [-0.4, -0.2) is 4.99 Å². The molecule has 0 radical (unpaired) electrons. The maximum absolute atomic E-state index is 5.78. The highest BCUT2D eigenvalue weighted by molar-refractivity contribution is 7.80. The third-order valence-electron chi connectivity index (χ3n) is 3.14. The molecule has 0 aliphatic rings. The lowest BCUT2D eigenvalue weighted by Crippen LogP contribution is -2.12. The van der Waals surface area contributed by atoms with Crippen LogP contribution >= 0.6 is 12.2 Å². The number of hydrogen-bond acceptors (Lipinski definition) is 2. The number of rotatable bonds is 4. The van der Waals surface area contributed by atoms with Crippen LogP contribution in [0, 0.1) is 6.92 Å². The number of para-hydroxylation sites is 1. The third-order valence-corrected chi connectivity index (χ3v) is 3.36. The fourth-order valence-corrected chi connectivity index (χ4v) is 2.22. The quantitative estimate of drug-likeness (QED) is 0.827. The van der Waals surface area contributed by atoms with Crippen LogP contribution in [-0.2, 0) is 6.42 Å². The smallest absolute Gasteiger partial charge is 0.106 e. The van der Waals surface area contributed by atoms with Crippen LogP contribution in [0.2, 0.25) is 0 Å². The van der Waals surface area contributed by atoms with Gasteiger partial charge in [0.25, 0.3) is 0 Å². The zero-order chi connectivity index (χ0) is 13.8. The Morgan fingerprint density at radius 1 is 1.21 bits per heavy atom. The van der Waals surface area contributed by atoms with E-state index in [4.69, 9.17) is 18.0 Å². The number of aryl methyl sites for hydroxylation is 2. The summed E-state index contributed by atoms with van der Waals surface area (Å²) in [5.74, 6) is 0. The minimum Gasteiger partial charge on any atom is -0.389 e. The molecule has 19 heavy (non-hydrogen) atoms. The number of thiocarbonyl (C=S) groups is 1. The molecule has 0 amide bonds. The van der Waals surface area contributed by atoms with Crippen LogP contribution in [0.25, 0.3) is 0 Å². The first-order valence-electron chi connectivity index (χ1n) is 6.37. The van der Waals surface area contributed by atoms with Gasteiger partial charge in [-0.25, -0.2) is 0 Å². The van der Waals surface area contributed by atoms with E-state index in [0.29, 0.717) is 4.99 Å². The van der Waals surface area contributed by atoms with Crippen molar-refractivity contribution in [3.8, 4) is 0 Å². The number of benzene rings is 2. The molecule has 0 aliphatic heterocycles. The Bertz CT molecular complexity index is 605. The molecule has 2 nitrogen and oxygen atoms in total.